The largest absolute Gasteiger partial charge is 0.480 e. The molecule has 0 rings (SSSR count). The number of carboxylic acids is 1. The maximum atomic E-state index is 11.3. The molecular weight excluding hydrogens is 216 g/mol. The molecule has 4 N–H and O–H groups in total. The Morgan fingerprint density at radius 2 is 2.20 bits per heavy atom. The summed E-state index contributed by atoms with van der Waals surface area (Å²) in [5.41, 5.74) is 5.27. The lowest BCUT2D eigenvalue weighted by atomic mass is 10.2. The van der Waals surface area contributed by atoms with E-state index in [1.807, 2.05) is 6.92 Å². The smallest absolute Gasteiger partial charge is 0.326 e. The zero-order valence-electron chi connectivity index (χ0n) is 8.86. The highest BCUT2D eigenvalue weighted by molar-refractivity contribution is 7.99. The first-order valence-corrected chi connectivity index (χ1v) is 6.07. The summed E-state index contributed by atoms with van der Waals surface area (Å²) in [6, 6.07) is -0.763. The Hall–Kier alpha value is -0.750. The fraction of sp³-hybridized carbons (Fsp3) is 0.778. The SMILES string of the molecule is CCCC(NC(=O)CSCCN)C(=O)O. The van der Waals surface area contributed by atoms with Crippen LogP contribution in [0, 0.1) is 0 Å². The molecular formula is C9H18N2O3S. The van der Waals surface area contributed by atoms with Gasteiger partial charge in [0.05, 0.1) is 5.75 Å². The van der Waals surface area contributed by atoms with Gasteiger partial charge in [0.2, 0.25) is 5.91 Å². The molecule has 0 spiro atoms. The minimum absolute atomic E-state index is 0.241. The highest BCUT2D eigenvalue weighted by Gasteiger charge is 2.18. The van der Waals surface area contributed by atoms with Crippen LogP contribution in [0.4, 0.5) is 0 Å². The summed E-state index contributed by atoms with van der Waals surface area (Å²) in [6.07, 6.45) is 1.19. The van der Waals surface area contributed by atoms with Crippen molar-refractivity contribution in [3.05, 3.63) is 0 Å². The zero-order chi connectivity index (χ0) is 11.7. The quantitative estimate of drug-likeness (QED) is 0.516. The van der Waals surface area contributed by atoms with Crippen LogP contribution in [0.1, 0.15) is 19.8 Å². The summed E-state index contributed by atoms with van der Waals surface area (Å²) in [5, 5.41) is 11.3. The van der Waals surface area contributed by atoms with Crippen LogP contribution in [-0.2, 0) is 9.59 Å². The fourth-order valence-electron chi connectivity index (χ4n) is 1.03. The van der Waals surface area contributed by atoms with E-state index in [1.165, 1.54) is 11.8 Å². The average Bonchev–Trinajstić information content (AvgIpc) is 2.17. The van der Waals surface area contributed by atoms with Crippen LogP contribution in [0.3, 0.4) is 0 Å². The monoisotopic (exact) mass is 234 g/mol. The fourth-order valence-corrected chi connectivity index (χ4v) is 1.61. The number of carbonyl (C=O) groups excluding carboxylic acids is 1. The number of carbonyl (C=O) groups is 2. The number of aliphatic carboxylic acids is 1. The number of nitrogens with one attached hydrogen (secondary N) is 1. The van der Waals surface area contributed by atoms with E-state index in [2.05, 4.69) is 5.32 Å². The van der Waals surface area contributed by atoms with Crippen molar-refractivity contribution in [3.8, 4) is 0 Å². The van der Waals surface area contributed by atoms with Crippen LogP contribution in [-0.4, -0.2) is 41.1 Å². The molecule has 15 heavy (non-hydrogen) atoms. The summed E-state index contributed by atoms with van der Waals surface area (Å²) in [6.45, 7) is 2.40. The Morgan fingerprint density at radius 1 is 1.53 bits per heavy atom. The standard InChI is InChI=1S/C9H18N2O3S/c1-2-3-7(9(13)14)11-8(12)6-15-5-4-10/h7H,2-6,10H2,1H3,(H,11,12)(H,13,14). The topological polar surface area (TPSA) is 92.4 Å². The van der Waals surface area contributed by atoms with Crippen molar-refractivity contribution in [2.24, 2.45) is 5.73 Å². The summed E-state index contributed by atoms with van der Waals surface area (Å²) in [4.78, 5) is 22.0. The van der Waals surface area contributed by atoms with Crippen molar-refractivity contribution in [2.75, 3.05) is 18.1 Å². The van der Waals surface area contributed by atoms with E-state index in [1.54, 1.807) is 0 Å². The number of hydrogen-bond donors (Lipinski definition) is 3. The molecule has 0 aromatic heterocycles. The van der Waals surface area contributed by atoms with E-state index >= 15 is 0 Å². The predicted molar refractivity (Wildman–Crippen MR) is 60.9 cm³/mol. The first kappa shape index (κ1) is 14.2. The maximum Gasteiger partial charge on any atom is 0.326 e. The van der Waals surface area contributed by atoms with Crippen molar-refractivity contribution in [1.82, 2.24) is 5.32 Å². The normalized spacial score (nSPS) is 12.1. The molecule has 0 aliphatic heterocycles. The van der Waals surface area contributed by atoms with Gasteiger partial charge in [-0.05, 0) is 6.42 Å². The van der Waals surface area contributed by atoms with Crippen molar-refractivity contribution < 1.29 is 14.7 Å². The second-order valence-electron chi connectivity index (χ2n) is 3.09. The summed E-state index contributed by atoms with van der Waals surface area (Å²) >= 11 is 1.40. The third kappa shape index (κ3) is 7.21. The number of amides is 1. The Kier molecular flexibility index (Phi) is 8.12. The van der Waals surface area contributed by atoms with E-state index < -0.39 is 12.0 Å². The van der Waals surface area contributed by atoms with Gasteiger partial charge in [-0.3, -0.25) is 4.79 Å². The molecule has 0 saturated heterocycles. The van der Waals surface area contributed by atoms with E-state index in [0.717, 1.165) is 6.42 Å². The molecule has 0 aromatic rings. The minimum atomic E-state index is -0.978. The van der Waals surface area contributed by atoms with Crippen molar-refractivity contribution in [3.63, 3.8) is 0 Å². The number of carboxylic acid groups (broad SMARTS) is 1. The maximum absolute atomic E-state index is 11.3. The van der Waals surface area contributed by atoms with E-state index in [0.29, 0.717) is 18.7 Å². The highest BCUT2D eigenvalue weighted by Crippen LogP contribution is 2.00. The second kappa shape index (κ2) is 8.55. The number of nitrogens with two attached hydrogens (primary N) is 1. The van der Waals surface area contributed by atoms with Gasteiger partial charge in [0.1, 0.15) is 6.04 Å². The van der Waals surface area contributed by atoms with Gasteiger partial charge in [0.25, 0.3) is 0 Å². The highest BCUT2D eigenvalue weighted by atomic mass is 32.2. The summed E-state index contributed by atoms with van der Waals surface area (Å²) < 4.78 is 0. The third-order valence-corrected chi connectivity index (χ3v) is 2.70. The van der Waals surface area contributed by atoms with Gasteiger partial charge in [0.15, 0.2) is 0 Å². The molecule has 1 atom stereocenters. The van der Waals surface area contributed by atoms with Crippen LogP contribution >= 0.6 is 11.8 Å². The molecule has 0 aliphatic carbocycles. The molecule has 0 aromatic carbocycles. The van der Waals surface area contributed by atoms with Gasteiger partial charge in [0, 0.05) is 12.3 Å². The molecule has 0 fully saturated rings. The van der Waals surface area contributed by atoms with Gasteiger partial charge in [-0.25, -0.2) is 4.79 Å². The van der Waals surface area contributed by atoms with Gasteiger partial charge in [-0.2, -0.15) is 11.8 Å². The van der Waals surface area contributed by atoms with E-state index in [-0.39, 0.29) is 11.7 Å². The zero-order valence-corrected chi connectivity index (χ0v) is 9.68. The lowest BCUT2D eigenvalue weighted by Gasteiger charge is -2.12. The molecule has 0 saturated carbocycles. The Morgan fingerprint density at radius 3 is 2.67 bits per heavy atom. The number of thioether (sulfide) groups is 1. The minimum Gasteiger partial charge on any atom is -0.480 e. The molecule has 88 valence electrons. The van der Waals surface area contributed by atoms with Gasteiger partial charge in [-0.15, -0.1) is 0 Å². The van der Waals surface area contributed by atoms with Crippen molar-refractivity contribution in [2.45, 2.75) is 25.8 Å². The van der Waals surface area contributed by atoms with Gasteiger partial charge in [-0.1, -0.05) is 13.3 Å². The third-order valence-electron chi connectivity index (χ3n) is 1.71. The van der Waals surface area contributed by atoms with E-state index in [4.69, 9.17) is 10.8 Å². The summed E-state index contributed by atoms with van der Waals surface area (Å²) in [7, 11) is 0. The first-order chi connectivity index (χ1) is 7.11. The molecule has 6 heteroatoms. The Bertz CT molecular complexity index is 212. The first-order valence-electron chi connectivity index (χ1n) is 4.91. The van der Waals surface area contributed by atoms with Crippen LogP contribution < -0.4 is 11.1 Å². The molecule has 0 aliphatic rings. The second-order valence-corrected chi connectivity index (χ2v) is 4.19. The van der Waals surface area contributed by atoms with Gasteiger partial charge >= 0.3 is 5.97 Å². The van der Waals surface area contributed by atoms with Gasteiger partial charge < -0.3 is 16.2 Å². The molecule has 5 nitrogen and oxygen atoms in total. The number of rotatable bonds is 8. The Balaban J connectivity index is 3.84. The lowest BCUT2D eigenvalue weighted by Crippen LogP contribution is -2.41. The number of hydrogen-bond acceptors (Lipinski definition) is 4. The molecule has 0 radical (unpaired) electrons. The van der Waals surface area contributed by atoms with Crippen LogP contribution in [0.25, 0.3) is 0 Å². The molecule has 0 bridgehead atoms. The Labute approximate surface area is 93.8 Å². The van der Waals surface area contributed by atoms with Crippen LogP contribution in [0.5, 0.6) is 0 Å². The predicted octanol–water partition coefficient (Wildman–Crippen LogP) is 0.0478. The molecule has 1 amide bonds. The summed E-state index contributed by atoms with van der Waals surface area (Å²) in [5.74, 6) is -0.243. The van der Waals surface area contributed by atoms with Crippen molar-refractivity contribution >= 4 is 23.6 Å². The lowest BCUT2D eigenvalue weighted by molar-refractivity contribution is -0.141. The van der Waals surface area contributed by atoms with Crippen molar-refractivity contribution in [1.29, 1.82) is 0 Å². The van der Waals surface area contributed by atoms with Crippen LogP contribution in [0.2, 0.25) is 0 Å². The average molecular weight is 234 g/mol. The molecule has 0 heterocycles. The molecule has 1 unspecified atom stereocenters. The van der Waals surface area contributed by atoms with Crippen LogP contribution in [0.15, 0.2) is 0 Å². The van der Waals surface area contributed by atoms with E-state index in [9.17, 15) is 9.59 Å².